The van der Waals surface area contributed by atoms with Gasteiger partial charge in [-0.15, -0.1) is 0 Å². The van der Waals surface area contributed by atoms with E-state index >= 15 is 0 Å². The normalized spacial score (nSPS) is 13.8. The molecule has 0 amide bonds. The van der Waals surface area contributed by atoms with Crippen LogP contribution >= 0.6 is 11.9 Å². The maximum Gasteiger partial charge on any atom is 0.0953 e. The molecule has 0 saturated heterocycles. The summed E-state index contributed by atoms with van der Waals surface area (Å²) < 4.78 is 2.32. The SMILES string of the molecule is Cc1ccc(SN)cc1.c1ccc(-c2cncn2C2CCC2)cc1. The van der Waals surface area contributed by atoms with E-state index in [4.69, 9.17) is 5.14 Å². The van der Waals surface area contributed by atoms with E-state index in [2.05, 4.69) is 52.9 Å². The summed E-state index contributed by atoms with van der Waals surface area (Å²) in [5.74, 6) is 0. The van der Waals surface area contributed by atoms with Crippen molar-refractivity contribution in [3.05, 3.63) is 72.7 Å². The number of hydrogen-bond acceptors (Lipinski definition) is 3. The lowest BCUT2D eigenvalue weighted by Crippen LogP contribution is -2.16. The molecule has 4 rings (SSSR count). The van der Waals surface area contributed by atoms with E-state index in [0.29, 0.717) is 6.04 Å². The first-order valence-corrected chi connectivity index (χ1v) is 9.16. The monoisotopic (exact) mass is 337 g/mol. The second-order valence-electron chi connectivity index (χ2n) is 6.07. The van der Waals surface area contributed by atoms with Gasteiger partial charge in [0.15, 0.2) is 0 Å². The number of nitrogens with two attached hydrogens (primary N) is 1. The van der Waals surface area contributed by atoms with Gasteiger partial charge in [-0.3, -0.25) is 5.14 Å². The van der Waals surface area contributed by atoms with Gasteiger partial charge in [0.05, 0.1) is 18.2 Å². The second kappa shape index (κ2) is 8.18. The molecule has 4 heteroatoms. The lowest BCUT2D eigenvalue weighted by Gasteiger charge is -2.28. The smallest absolute Gasteiger partial charge is 0.0953 e. The third-order valence-electron chi connectivity index (χ3n) is 4.36. The molecule has 2 N–H and O–H groups in total. The van der Waals surface area contributed by atoms with Gasteiger partial charge in [-0.05, 0) is 55.8 Å². The van der Waals surface area contributed by atoms with Crippen LogP contribution in [0.5, 0.6) is 0 Å². The number of imidazole rings is 1. The molecule has 1 fully saturated rings. The minimum absolute atomic E-state index is 0.683. The van der Waals surface area contributed by atoms with Gasteiger partial charge in [0.2, 0.25) is 0 Å². The van der Waals surface area contributed by atoms with Crippen LogP contribution in [0.2, 0.25) is 0 Å². The Morgan fingerprint density at radius 1 is 1.04 bits per heavy atom. The highest BCUT2D eigenvalue weighted by Gasteiger charge is 2.21. The second-order valence-corrected chi connectivity index (χ2v) is 6.77. The summed E-state index contributed by atoms with van der Waals surface area (Å²) in [6.45, 7) is 2.06. The Labute approximate surface area is 148 Å². The molecule has 1 heterocycles. The topological polar surface area (TPSA) is 43.8 Å². The number of benzene rings is 2. The fourth-order valence-electron chi connectivity index (χ4n) is 2.71. The summed E-state index contributed by atoms with van der Waals surface area (Å²) in [5.41, 5.74) is 3.79. The highest BCUT2D eigenvalue weighted by Crippen LogP contribution is 2.34. The van der Waals surface area contributed by atoms with Gasteiger partial charge in [0, 0.05) is 10.9 Å². The van der Waals surface area contributed by atoms with Gasteiger partial charge in [-0.25, -0.2) is 4.98 Å². The molecule has 3 aromatic rings. The number of aryl methyl sites for hydroxylation is 1. The lowest BCUT2D eigenvalue weighted by molar-refractivity contribution is 0.316. The molecule has 0 radical (unpaired) electrons. The van der Waals surface area contributed by atoms with Gasteiger partial charge in [0.25, 0.3) is 0 Å². The van der Waals surface area contributed by atoms with Crippen molar-refractivity contribution in [3.8, 4) is 11.3 Å². The molecule has 24 heavy (non-hydrogen) atoms. The molecule has 0 unspecified atom stereocenters. The number of hydrogen-bond donors (Lipinski definition) is 1. The molecule has 124 valence electrons. The van der Waals surface area contributed by atoms with Crippen LogP contribution in [0.25, 0.3) is 11.3 Å². The Hall–Kier alpha value is -2.04. The van der Waals surface area contributed by atoms with E-state index in [9.17, 15) is 0 Å². The highest BCUT2D eigenvalue weighted by molar-refractivity contribution is 7.97. The zero-order chi connectivity index (χ0) is 16.8. The largest absolute Gasteiger partial charge is 0.328 e. The van der Waals surface area contributed by atoms with Crippen LogP contribution in [0.1, 0.15) is 30.9 Å². The zero-order valence-corrected chi connectivity index (χ0v) is 14.7. The molecular weight excluding hydrogens is 314 g/mol. The molecule has 2 aromatic carbocycles. The van der Waals surface area contributed by atoms with Gasteiger partial charge >= 0.3 is 0 Å². The highest BCUT2D eigenvalue weighted by atomic mass is 32.2. The first-order valence-electron chi connectivity index (χ1n) is 8.28. The predicted octanol–water partition coefficient (Wildman–Crippen LogP) is 5.24. The summed E-state index contributed by atoms with van der Waals surface area (Å²) in [6, 6.07) is 19.3. The fraction of sp³-hybridized carbons (Fsp3) is 0.250. The Bertz CT molecular complexity index is 746. The van der Waals surface area contributed by atoms with Gasteiger partial charge in [-0.1, -0.05) is 48.0 Å². The zero-order valence-electron chi connectivity index (χ0n) is 13.9. The van der Waals surface area contributed by atoms with Crippen LogP contribution in [0, 0.1) is 6.92 Å². The molecule has 1 saturated carbocycles. The molecule has 1 aromatic heterocycles. The maximum atomic E-state index is 5.32. The average molecular weight is 337 g/mol. The van der Waals surface area contributed by atoms with E-state index in [-0.39, 0.29) is 0 Å². The van der Waals surface area contributed by atoms with Gasteiger partial charge in [0.1, 0.15) is 0 Å². The summed E-state index contributed by atoms with van der Waals surface area (Å²) in [6.07, 6.45) is 7.89. The maximum absolute atomic E-state index is 5.32. The van der Waals surface area contributed by atoms with Crippen LogP contribution in [0.15, 0.2) is 72.0 Å². The Balaban J connectivity index is 0.000000162. The van der Waals surface area contributed by atoms with Crippen molar-refractivity contribution >= 4 is 11.9 Å². The van der Waals surface area contributed by atoms with Crippen molar-refractivity contribution in [3.63, 3.8) is 0 Å². The first kappa shape index (κ1) is 16.8. The van der Waals surface area contributed by atoms with E-state index in [1.807, 2.05) is 30.7 Å². The van der Waals surface area contributed by atoms with Crippen molar-refractivity contribution in [2.75, 3.05) is 0 Å². The molecule has 1 aliphatic carbocycles. The standard InChI is InChI=1S/C13H14N2.C7H9NS/c1-2-5-11(6-3-1)13-9-14-10-15(13)12-7-4-8-12;1-6-2-4-7(9-8)5-3-6/h1-3,5-6,9-10,12H,4,7-8H2;2-5H,8H2,1H3. The molecule has 0 bridgehead atoms. The van der Waals surface area contributed by atoms with Gasteiger partial charge in [-0.2, -0.15) is 0 Å². The van der Waals surface area contributed by atoms with Crippen LogP contribution in [0.3, 0.4) is 0 Å². The number of nitrogens with zero attached hydrogens (tertiary/aromatic N) is 2. The van der Waals surface area contributed by atoms with Crippen LogP contribution in [-0.4, -0.2) is 9.55 Å². The van der Waals surface area contributed by atoms with Crippen molar-refractivity contribution in [1.29, 1.82) is 0 Å². The van der Waals surface area contributed by atoms with Gasteiger partial charge < -0.3 is 4.57 Å². The van der Waals surface area contributed by atoms with Crippen molar-refractivity contribution in [1.82, 2.24) is 9.55 Å². The summed E-state index contributed by atoms with van der Waals surface area (Å²) in [4.78, 5) is 5.38. The first-order chi connectivity index (χ1) is 11.8. The van der Waals surface area contributed by atoms with E-state index in [1.165, 1.54) is 48.0 Å². The quantitative estimate of drug-likeness (QED) is 0.665. The van der Waals surface area contributed by atoms with Crippen LogP contribution in [-0.2, 0) is 0 Å². The number of aromatic nitrogens is 2. The van der Waals surface area contributed by atoms with E-state index < -0.39 is 0 Å². The summed E-state index contributed by atoms with van der Waals surface area (Å²) >= 11 is 1.28. The van der Waals surface area contributed by atoms with Crippen LogP contribution < -0.4 is 5.14 Å². The third-order valence-corrected chi connectivity index (χ3v) is 4.91. The minimum Gasteiger partial charge on any atom is -0.328 e. The van der Waals surface area contributed by atoms with Crippen molar-refractivity contribution < 1.29 is 0 Å². The fourth-order valence-corrected chi connectivity index (χ4v) is 3.00. The lowest BCUT2D eigenvalue weighted by atomic mass is 9.92. The molecule has 0 spiro atoms. The van der Waals surface area contributed by atoms with E-state index in [0.717, 1.165) is 4.90 Å². The van der Waals surface area contributed by atoms with Crippen molar-refractivity contribution in [2.24, 2.45) is 5.14 Å². The number of rotatable bonds is 3. The third kappa shape index (κ3) is 4.08. The van der Waals surface area contributed by atoms with Crippen LogP contribution in [0.4, 0.5) is 0 Å². The summed E-state index contributed by atoms with van der Waals surface area (Å²) in [7, 11) is 0. The molecule has 0 atom stereocenters. The van der Waals surface area contributed by atoms with E-state index in [1.54, 1.807) is 0 Å². The summed E-state index contributed by atoms with van der Waals surface area (Å²) in [5, 5.41) is 5.32. The van der Waals surface area contributed by atoms with Crippen molar-refractivity contribution in [2.45, 2.75) is 37.1 Å². The Morgan fingerprint density at radius 3 is 2.33 bits per heavy atom. The predicted molar refractivity (Wildman–Crippen MR) is 102 cm³/mol. The Morgan fingerprint density at radius 2 is 1.75 bits per heavy atom. The molecule has 0 aliphatic heterocycles. The molecule has 3 nitrogen and oxygen atoms in total. The molecular formula is C20H23N3S. The Kier molecular flexibility index (Phi) is 5.72. The minimum atomic E-state index is 0.683. The average Bonchev–Trinajstić information content (AvgIpc) is 3.04. The molecule has 1 aliphatic rings.